The molecule has 0 saturated heterocycles. The SMILES string of the molecule is CCCCCCCCCCCCc1ccc(NC(=O)C(N=Nc2ccccc2C(=O)OCCCCCCCCC(CCCCCCCCC)C(CCCCCCCCC)CCCCCCCCOC(=O)c2ccccc2N=NC(C(=O)Nc2ccc(C)cc2)=C(C)O)=C(C)O)cc1. The van der Waals surface area contributed by atoms with Crippen molar-refractivity contribution in [2.75, 3.05) is 23.8 Å². The average Bonchev–Trinajstić information content (AvgIpc) is 0.937. The van der Waals surface area contributed by atoms with E-state index >= 15 is 0 Å². The Labute approximate surface area is 585 Å². The minimum atomic E-state index is -0.616. The summed E-state index contributed by atoms with van der Waals surface area (Å²) in [5.74, 6) is -1.26. The second-order valence-corrected chi connectivity index (χ2v) is 27.1. The van der Waals surface area contributed by atoms with Gasteiger partial charge in [0.25, 0.3) is 11.8 Å². The molecule has 4 rings (SSSR count). The van der Waals surface area contributed by atoms with Crippen LogP contribution >= 0.6 is 0 Å². The van der Waals surface area contributed by atoms with Crippen LogP contribution in [0.2, 0.25) is 0 Å². The van der Waals surface area contributed by atoms with Crippen LogP contribution in [0.1, 0.15) is 323 Å². The summed E-state index contributed by atoms with van der Waals surface area (Å²) >= 11 is 0. The Morgan fingerprint density at radius 1 is 0.381 bits per heavy atom. The van der Waals surface area contributed by atoms with Crippen molar-refractivity contribution in [1.82, 2.24) is 0 Å². The van der Waals surface area contributed by atoms with E-state index in [1.54, 1.807) is 60.7 Å². The molecule has 2 atom stereocenters. The lowest BCUT2D eigenvalue weighted by Crippen LogP contribution is -2.16. The zero-order chi connectivity index (χ0) is 69.8. The number of allylic oxidation sites excluding steroid dienone is 2. The number of benzene rings is 4. The number of anilines is 2. The van der Waals surface area contributed by atoms with Crippen LogP contribution in [-0.2, 0) is 25.5 Å². The predicted octanol–water partition coefficient (Wildman–Crippen LogP) is 25.5. The maximum atomic E-state index is 13.4. The number of aliphatic hydroxyl groups is 2. The number of nitrogens with one attached hydrogen (secondary N) is 2. The molecular formula is C83H126N6O8. The highest BCUT2D eigenvalue weighted by Gasteiger charge is 2.22. The van der Waals surface area contributed by atoms with Crippen molar-refractivity contribution in [1.29, 1.82) is 0 Å². The highest BCUT2D eigenvalue weighted by molar-refractivity contribution is 6.04. The molecule has 14 nitrogen and oxygen atoms in total. The number of nitrogens with zero attached hydrogens (tertiary/aromatic N) is 4. The van der Waals surface area contributed by atoms with Gasteiger partial charge in [-0.1, -0.05) is 312 Å². The molecule has 0 aliphatic heterocycles. The molecule has 536 valence electrons. The number of aryl methyl sites for hydroxylation is 2. The molecular weight excluding hydrogens is 1210 g/mol. The van der Waals surface area contributed by atoms with E-state index in [4.69, 9.17) is 9.47 Å². The monoisotopic (exact) mass is 1330 g/mol. The third-order valence-corrected chi connectivity index (χ3v) is 18.6. The topological polar surface area (TPSA) is 201 Å². The van der Waals surface area contributed by atoms with Crippen molar-refractivity contribution in [2.24, 2.45) is 32.3 Å². The number of aliphatic hydroxyl groups excluding tert-OH is 2. The molecule has 4 N–H and O–H groups in total. The molecule has 0 aliphatic carbocycles. The smallest absolute Gasteiger partial charge is 0.340 e. The lowest BCUT2D eigenvalue weighted by molar-refractivity contribution is -0.113. The lowest BCUT2D eigenvalue weighted by Gasteiger charge is -2.28. The number of amides is 2. The van der Waals surface area contributed by atoms with E-state index in [2.05, 4.69) is 51.9 Å². The van der Waals surface area contributed by atoms with E-state index in [1.165, 1.54) is 231 Å². The maximum absolute atomic E-state index is 13.4. The van der Waals surface area contributed by atoms with Crippen LogP contribution in [0.5, 0.6) is 0 Å². The minimum absolute atomic E-state index is 0.239. The number of rotatable bonds is 56. The quantitative estimate of drug-likeness (QED) is 0.0110. The van der Waals surface area contributed by atoms with Gasteiger partial charge in [0.05, 0.1) is 24.3 Å². The Morgan fingerprint density at radius 2 is 0.680 bits per heavy atom. The molecule has 97 heavy (non-hydrogen) atoms. The van der Waals surface area contributed by atoms with Crippen molar-refractivity contribution in [3.63, 3.8) is 0 Å². The molecule has 0 aromatic heterocycles. The van der Waals surface area contributed by atoms with Gasteiger partial charge in [-0.05, 0) is 112 Å². The van der Waals surface area contributed by atoms with Gasteiger partial charge in [0.15, 0.2) is 11.4 Å². The minimum Gasteiger partial charge on any atom is -0.510 e. The Balaban J connectivity index is 1.20. The third kappa shape index (κ3) is 37.0. The molecule has 2 amide bonds. The fraction of sp³-hybridized carbons (Fsp3) is 0.614. The van der Waals surface area contributed by atoms with Crippen LogP contribution in [0.3, 0.4) is 0 Å². The molecule has 0 saturated carbocycles. The van der Waals surface area contributed by atoms with Gasteiger partial charge < -0.3 is 30.3 Å². The Hall–Kier alpha value is -6.96. The Kier molecular flexibility index (Phi) is 45.1. The first kappa shape index (κ1) is 82.5. The summed E-state index contributed by atoms with van der Waals surface area (Å²) in [4.78, 5) is 53.0. The fourth-order valence-corrected chi connectivity index (χ4v) is 12.7. The van der Waals surface area contributed by atoms with E-state index in [0.717, 1.165) is 68.8 Å². The molecule has 4 aromatic carbocycles. The maximum Gasteiger partial charge on any atom is 0.340 e. The normalized spacial score (nSPS) is 12.8. The van der Waals surface area contributed by atoms with Crippen LogP contribution in [0.15, 0.2) is 140 Å². The number of unbranched alkanes of at least 4 members (excludes halogenated alkanes) is 31. The summed E-state index contributed by atoms with van der Waals surface area (Å²) in [5, 5.41) is 43.0. The molecule has 0 spiro atoms. The van der Waals surface area contributed by atoms with Crippen molar-refractivity contribution in [3.05, 3.63) is 142 Å². The van der Waals surface area contributed by atoms with Gasteiger partial charge >= 0.3 is 11.9 Å². The molecule has 0 aliphatic rings. The molecule has 14 heteroatoms. The van der Waals surface area contributed by atoms with Crippen LogP contribution in [0.4, 0.5) is 22.7 Å². The van der Waals surface area contributed by atoms with E-state index < -0.39 is 23.8 Å². The third-order valence-electron chi connectivity index (χ3n) is 18.6. The Morgan fingerprint density at radius 3 is 1.02 bits per heavy atom. The summed E-state index contributed by atoms with van der Waals surface area (Å²) in [6.07, 6.45) is 50.9. The second-order valence-electron chi connectivity index (χ2n) is 27.1. The van der Waals surface area contributed by atoms with Crippen molar-refractivity contribution in [2.45, 2.75) is 305 Å². The van der Waals surface area contributed by atoms with Gasteiger partial charge in [-0.3, -0.25) is 9.59 Å². The van der Waals surface area contributed by atoms with Crippen LogP contribution < -0.4 is 10.6 Å². The van der Waals surface area contributed by atoms with Gasteiger partial charge in [0.1, 0.15) is 22.9 Å². The second kappa shape index (κ2) is 53.1. The molecule has 4 aromatic rings. The van der Waals surface area contributed by atoms with Gasteiger partial charge in [-0.2, -0.15) is 0 Å². The average molecular weight is 1340 g/mol. The molecule has 0 bridgehead atoms. The van der Waals surface area contributed by atoms with Gasteiger partial charge in [-0.15, -0.1) is 20.5 Å². The number of hydrogen-bond acceptors (Lipinski definition) is 12. The molecule has 2 unspecified atom stereocenters. The zero-order valence-corrected chi connectivity index (χ0v) is 60.9. The van der Waals surface area contributed by atoms with Crippen LogP contribution in [0, 0.1) is 18.8 Å². The number of hydrogen-bond donors (Lipinski definition) is 4. The van der Waals surface area contributed by atoms with E-state index in [9.17, 15) is 29.4 Å². The van der Waals surface area contributed by atoms with Gasteiger partial charge in [0, 0.05) is 11.4 Å². The summed E-state index contributed by atoms with van der Waals surface area (Å²) < 4.78 is 11.5. The largest absolute Gasteiger partial charge is 0.510 e. The van der Waals surface area contributed by atoms with Crippen molar-refractivity contribution >= 4 is 46.5 Å². The highest BCUT2D eigenvalue weighted by atomic mass is 16.5. The van der Waals surface area contributed by atoms with Crippen LogP contribution in [0.25, 0.3) is 0 Å². The van der Waals surface area contributed by atoms with Gasteiger partial charge in [0.2, 0.25) is 0 Å². The molecule has 0 radical (unpaired) electrons. The molecule has 0 fully saturated rings. The predicted molar refractivity (Wildman–Crippen MR) is 400 cm³/mol. The van der Waals surface area contributed by atoms with E-state index in [1.807, 2.05) is 43.3 Å². The lowest BCUT2D eigenvalue weighted by atomic mass is 9.78. The summed E-state index contributed by atoms with van der Waals surface area (Å²) in [5.41, 5.74) is 3.92. The molecule has 0 heterocycles. The first-order valence-electron chi connectivity index (χ1n) is 38.3. The van der Waals surface area contributed by atoms with Gasteiger partial charge in [-0.25, -0.2) is 9.59 Å². The van der Waals surface area contributed by atoms with E-state index in [0.29, 0.717) is 24.6 Å². The summed E-state index contributed by atoms with van der Waals surface area (Å²) in [6.45, 7) is 12.2. The summed E-state index contributed by atoms with van der Waals surface area (Å²) in [6, 6.07) is 28.6. The number of ether oxygens (including phenoxy) is 2. The number of carbonyl (C=O) groups is 4. The highest BCUT2D eigenvalue weighted by Crippen LogP contribution is 2.35. The standard InChI is InChI=1S/C83H126N6O8/c1-7-10-13-16-19-20-21-24-29-36-47-69-58-62-73(63-59-69)85-81(93)79(68(6)91)89-87-77-55-44-42-53-75(77)83(95)97-65-46-35-28-26-33-40-51-71(49-38-31-23-18-15-12-9-3)70(48-37-30-22-17-14-11-8-2)50-39-32-25-27-34-45-64-96-82(94)74-52-41-43-54-76(74)86-88-78(67(5)90)80(92)84-72-60-56-66(4)57-61-72/h41-44,52-63,70-71,90-91H,7-40,45-51,64-65H2,1-6H3,(H,84,92)(H,85,93). The summed E-state index contributed by atoms with van der Waals surface area (Å²) in [7, 11) is 0. The first-order chi connectivity index (χ1) is 47.3. The number of azo groups is 2. The number of esters is 2. The fourth-order valence-electron chi connectivity index (χ4n) is 12.7. The first-order valence-corrected chi connectivity index (χ1v) is 38.3. The van der Waals surface area contributed by atoms with Crippen molar-refractivity contribution < 1.29 is 38.9 Å². The van der Waals surface area contributed by atoms with E-state index in [-0.39, 0.29) is 45.4 Å². The van der Waals surface area contributed by atoms with Crippen LogP contribution in [-0.4, -0.2) is 47.2 Å². The zero-order valence-electron chi connectivity index (χ0n) is 60.9. The van der Waals surface area contributed by atoms with Crippen molar-refractivity contribution in [3.8, 4) is 0 Å². The number of carbonyl (C=O) groups excluding carboxylic acids is 4. The Bertz CT molecular complexity index is 2910.